The Morgan fingerprint density at radius 1 is 0.921 bits per heavy atom. The molecule has 1 amide bonds. The number of halogens is 2. The summed E-state index contributed by atoms with van der Waals surface area (Å²) in [7, 11) is 0. The van der Waals surface area contributed by atoms with Gasteiger partial charge in [-0.3, -0.25) is 9.78 Å². The molecule has 2 heterocycles. The van der Waals surface area contributed by atoms with E-state index in [9.17, 15) is 14.7 Å². The average Bonchev–Trinajstić information content (AvgIpc) is 2.92. The highest BCUT2D eigenvalue weighted by atomic mass is 35.5. The van der Waals surface area contributed by atoms with Crippen LogP contribution in [-0.4, -0.2) is 38.0 Å². The summed E-state index contributed by atoms with van der Waals surface area (Å²) in [6.07, 6.45) is 10.4. The number of carbonyl (C=O) groups excluding carboxylic acids is 1. The van der Waals surface area contributed by atoms with E-state index in [0.717, 1.165) is 16.8 Å². The molecule has 0 spiro atoms. The number of pyridine rings is 1. The van der Waals surface area contributed by atoms with Crippen molar-refractivity contribution in [2.75, 3.05) is 4.90 Å². The van der Waals surface area contributed by atoms with Crippen LogP contribution >= 0.6 is 23.2 Å². The van der Waals surface area contributed by atoms with E-state index in [4.69, 9.17) is 23.2 Å². The van der Waals surface area contributed by atoms with Crippen LogP contribution in [0.2, 0.25) is 10.0 Å². The zero-order chi connectivity index (χ0) is 26.9. The summed E-state index contributed by atoms with van der Waals surface area (Å²) >= 11 is 12.1. The molecule has 2 N–H and O–H groups in total. The number of hydrogen-bond donors (Lipinski definition) is 2. The van der Waals surface area contributed by atoms with E-state index in [0.29, 0.717) is 12.5 Å². The van der Waals surface area contributed by atoms with Crippen LogP contribution in [0.25, 0.3) is 6.08 Å². The van der Waals surface area contributed by atoms with Gasteiger partial charge in [0, 0.05) is 30.5 Å². The Morgan fingerprint density at radius 2 is 1.58 bits per heavy atom. The van der Waals surface area contributed by atoms with E-state index in [1.807, 2.05) is 41.3 Å². The fourth-order valence-electron chi connectivity index (χ4n) is 3.65. The first-order chi connectivity index (χ1) is 18.4. The smallest absolute Gasteiger partial charge is 0.326 e. The van der Waals surface area contributed by atoms with Crippen molar-refractivity contribution in [1.82, 2.24) is 20.3 Å². The normalized spacial score (nSPS) is 11.7. The van der Waals surface area contributed by atoms with Gasteiger partial charge in [-0.25, -0.2) is 14.8 Å². The Balaban J connectivity index is 1.45. The second kappa shape index (κ2) is 12.8. The highest BCUT2D eigenvalue weighted by molar-refractivity contribution is 6.39. The lowest BCUT2D eigenvalue weighted by atomic mass is 10.1. The molecular weight excluding hydrogens is 525 g/mol. The SMILES string of the molecule is O=C(NC(CC=Cc1ccc(N(Cc2ccncc2)c2ncccn2)cc1)C(=O)O)c1c(Cl)cccc1Cl. The van der Waals surface area contributed by atoms with Gasteiger partial charge in [0.2, 0.25) is 5.95 Å². The minimum absolute atomic E-state index is 0.0420. The molecule has 38 heavy (non-hydrogen) atoms. The van der Waals surface area contributed by atoms with Gasteiger partial charge in [-0.05, 0) is 60.0 Å². The lowest BCUT2D eigenvalue weighted by Gasteiger charge is -2.22. The molecule has 0 aliphatic rings. The number of amides is 1. The number of hydrogen-bond acceptors (Lipinski definition) is 6. The number of nitrogens with one attached hydrogen (secondary N) is 1. The van der Waals surface area contributed by atoms with Crippen molar-refractivity contribution in [3.8, 4) is 0 Å². The fraction of sp³-hybridized carbons (Fsp3) is 0.107. The number of carboxylic acids is 1. The maximum absolute atomic E-state index is 12.6. The summed E-state index contributed by atoms with van der Waals surface area (Å²) in [6.45, 7) is 0.553. The van der Waals surface area contributed by atoms with Gasteiger partial charge in [-0.1, -0.05) is 53.6 Å². The Morgan fingerprint density at radius 3 is 2.21 bits per heavy atom. The second-order valence-corrected chi connectivity index (χ2v) is 9.00. The number of benzene rings is 2. The van der Waals surface area contributed by atoms with E-state index in [2.05, 4.69) is 20.3 Å². The van der Waals surface area contributed by atoms with E-state index in [-0.39, 0.29) is 22.0 Å². The first kappa shape index (κ1) is 26.8. The summed E-state index contributed by atoms with van der Waals surface area (Å²) in [5, 5.41) is 12.4. The fourth-order valence-corrected chi connectivity index (χ4v) is 4.22. The predicted molar refractivity (Wildman–Crippen MR) is 148 cm³/mol. The number of aromatic nitrogens is 3. The molecule has 0 bridgehead atoms. The number of anilines is 2. The quantitative estimate of drug-likeness (QED) is 0.258. The van der Waals surface area contributed by atoms with Gasteiger partial charge < -0.3 is 15.3 Å². The van der Waals surface area contributed by atoms with Gasteiger partial charge >= 0.3 is 5.97 Å². The molecule has 8 nitrogen and oxygen atoms in total. The molecule has 4 aromatic rings. The maximum atomic E-state index is 12.6. The lowest BCUT2D eigenvalue weighted by Crippen LogP contribution is -2.40. The van der Waals surface area contributed by atoms with Crippen molar-refractivity contribution in [2.24, 2.45) is 0 Å². The first-order valence-electron chi connectivity index (χ1n) is 11.6. The van der Waals surface area contributed by atoms with Crippen molar-refractivity contribution in [3.05, 3.63) is 118 Å². The van der Waals surface area contributed by atoms with Crippen LogP contribution in [0, 0.1) is 0 Å². The van der Waals surface area contributed by atoms with E-state index in [1.165, 1.54) is 12.1 Å². The van der Waals surface area contributed by atoms with Gasteiger partial charge in [-0.2, -0.15) is 0 Å². The molecule has 10 heteroatoms. The number of nitrogens with zero attached hydrogens (tertiary/aromatic N) is 4. The van der Waals surface area contributed by atoms with Crippen molar-refractivity contribution < 1.29 is 14.7 Å². The van der Waals surface area contributed by atoms with Crippen LogP contribution in [0.4, 0.5) is 11.6 Å². The Kier molecular flexibility index (Phi) is 9.02. The Bertz CT molecular complexity index is 1400. The zero-order valence-electron chi connectivity index (χ0n) is 20.0. The third-order valence-corrected chi connectivity index (χ3v) is 6.19. The molecule has 0 fully saturated rings. The van der Waals surface area contributed by atoms with Gasteiger partial charge in [0.25, 0.3) is 5.91 Å². The van der Waals surface area contributed by atoms with Gasteiger partial charge in [-0.15, -0.1) is 0 Å². The molecule has 0 aliphatic carbocycles. The van der Waals surface area contributed by atoms with Crippen LogP contribution in [-0.2, 0) is 11.3 Å². The summed E-state index contributed by atoms with van der Waals surface area (Å²) < 4.78 is 0. The van der Waals surface area contributed by atoms with Crippen LogP contribution in [0.15, 0.2) is 91.5 Å². The van der Waals surface area contributed by atoms with Crippen LogP contribution in [0.3, 0.4) is 0 Å². The van der Waals surface area contributed by atoms with Crippen LogP contribution in [0.5, 0.6) is 0 Å². The van der Waals surface area contributed by atoms with E-state index >= 15 is 0 Å². The standard InChI is InChI=1S/C28H23Cl2N5O3/c29-22-5-2-6-23(30)25(22)26(36)34-24(27(37)38)7-1-4-19-8-10-21(11-9-19)35(28-32-14-3-15-33-28)18-20-12-16-31-17-13-20/h1-6,8-17,24H,7,18H2,(H,34,36)(H,37,38). The van der Waals surface area contributed by atoms with Crippen molar-refractivity contribution in [3.63, 3.8) is 0 Å². The Labute approximate surface area is 229 Å². The van der Waals surface area contributed by atoms with Crippen molar-refractivity contribution >= 4 is 52.8 Å². The second-order valence-electron chi connectivity index (χ2n) is 8.18. The highest BCUT2D eigenvalue weighted by Gasteiger charge is 2.22. The molecule has 192 valence electrons. The number of carbonyl (C=O) groups is 2. The first-order valence-corrected chi connectivity index (χ1v) is 12.4. The molecule has 4 rings (SSSR count). The van der Waals surface area contributed by atoms with Crippen molar-refractivity contribution in [2.45, 2.75) is 19.0 Å². The molecular formula is C28H23Cl2N5O3. The molecule has 0 saturated heterocycles. The highest BCUT2D eigenvalue weighted by Crippen LogP contribution is 2.26. The molecule has 1 unspecified atom stereocenters. The molecule has 2 aromatic heterocycles. The Hall–Kier alpha value is -4.27. The monoisotopic (exact) mass is 547 g/mol. The van der Waals surface area contributed by atoms with Crippen LogP contribution in [0.1, 0.15) is 27.9 Å². The third-order valence-electron chi connectivity index (χ3n) is 5.56. The summed E-state index contributed by atoms with van der Waals surface area (Å²) in [4.78, 5) is 39.2. The molecule has 2 aromatic carbocycles. The van der Waals surface area contributed by atoms with Gasteiger partial charge in [0.05, 0.1) is 22.2 Å². The lowest BCUT2D eigenvalue weighted by molar-refractivity contribution is -0.139. The number of rotatable bonds is 10. The van der Waals surface area contributed by atoms with Crippen molar-refractivity contribution in [1.29, 1.82) is 0 Å². The number of carboxylic acid groups (broad SMARTS) is 1. The summed E-state index contributed by atoms with van der Waals surface area (Å²) in [6, 6.07) is 16.8. The zero-order valence-corrected chi connectivity index (χ0v) is 21.5. The number of aliphatic carboxylic acids is 1. The molecule has 0 aliphatic heterocycles. The van der Waals surface area contributed by atoms with E-state index in [1.54, 1.807) is 49.1 Å². The molecule has 0 saturated carbocycles. The van der Waals surface area contributed by atoms with Gasteiger partial charge in [0.1, 0.15) is 6.04 Å². The maximum Gasteiger partial charge on any atom is 0.326 e. The minimum atomic E-state index is -1.17. The predicted octanol–water partition coefficient (Wildman–Crippen LogP) is 5.80. The molecule has 0 radical (unpaired) electrons. The third kappa shape index (κ3) is 6.94. The van der Waals surface area contributed by atoms with E-state index < -0.39 is 17.9 Å². The topological polar surface area (TPSA) is 108 Å². The molecule has 1 atom stereocenters. The minimum Gasteiger partial charge on any atom is -0.480 e. The largest absolute Gasteiger partial charge is 0.480 e. The average molecular weight is 548 g/mol. The summed E-state index contributed by atoms with van der Waals surface area (Å²) in [5.74, 6) is -1.26. The summed E-state index contributed by atoms with van der Waals surface area (Å²) in [5.41, 5.74) is 2.84. The van der Waals surface area contributed by atoms with Crippen LogP contribution < -0.4 is 10.2 Å². The van der Waals surface area contributed by atoms with Gasteiger partial charge in [0.15, 0.2) is 0 Å².